The monoisotopic (exact) mass is 338 g/mol. The minimum Gasteiger partial charge on any atom is -0.365 e. The van der Waals surface area contributed by atoms with Crippen molar-refractivity contribution in [3.63, 3.8) is 0 Å². The Morgan fingerprint density at radius 1 is 1.42 bits per heavy atom. The van der Waals surface area contributed by atoms with E-state index >= 15 is 0 Å². The zero-order valence-corrected chi connectivity index (χ0v) is 13.5. The van der Waals surface area contributed by atoms with Gasteiger partial charge in [-0.1, -0.05) is 17.7 Å². The molecule has 6 heteroatoms. The molecule has 5 nitrogen and oxygen atoms in total. The first-order valence-corrected chi connectivity index (χ1v) is 7.73. The van der Waals surface area contributed by atoms with E-state index in [9.17, 15) is 4.79 Å². The predicted molar refractivity (Wildman–Crippen MR) is 95.6 cm³/mol. The molecule has 0 unspecified atom stereocenters. The Balaban J connectivity index is 1.99. The number of nitrogens with zero attached hydrogens (tertiary/aromatic N) is 2. The second-order valence-corrected chi connectivity index (χ2v) is 5.68. The lowest BCUT2D eigenvalue weighted by molar-refractivity contribution is 0.100. The molecule has 0 radical (unpaired) electrons. The summed E-state index contributed by atoms with van der Waals surface area (Å²) in [5.41, 5.74) is 8.85. The average molecular weight is 339 g/mol. The number of aromatic nitrogens is 2. The van der Waals surface area contributed by atoms with Gasteiger partial charge in [0.15, 0.2) is 0 Å². The second kappa shape index (κ2) is 6.65. The summed E-state index contributed by atoms with van der Waals surface area (Å²) in [4.78, 5) is 11.7. The summed E-state index contributed by atoms with van der Waals surface area (Å²) in [6.07, 6.45) is 9.88. The number of nitrogens with two attached hydrogens (primary N) is 1. The number of hydrogen-bond donors (Lipinski definition) is 2. The van der Waals surface area contributed by atoms with Crippen molar-refractivity contribution in [2.45, 2.75) is 12.8 Å². The molecule has 3 rings (SSSR count). The van der Waals surface area contributed by atoms with Gasteiger partial charge in [0.2, 0.25) is 0 Å². The van der Waals surface area contributed by atoms with Gasteiger partial charge in [0.1, 0.15) is 0 Å². The van der Waals surface area contributed by atoms with Gasteiger partial charge < -0.3 is 11.1 Å². The van der Waals surface area contributed by atoms with Crippen molar-refractivity contribution in [1.29, 1.82) is 0 Å². The van der Waals surface area contributed by atoms with E-state index in [-0.39, 0.29) is 0 Å². The van der Waals surface area contributed by atoms with E-state index in [1.54, 1.807) is 16.8 Å². The van der Waals surface area contributed by atoms with Crippen LogP contribution in [-0.2, 0) is 6.42 Å². The van der Waals surface area contributed by atoms with Gasteiger partial charge >= 0.3 is 0 Å². The average Bonchev–Trinajstić information content (AvgIpc) is 3.03. The Morgan fingerprint density at radius 3 is 2.96 bits per heavy atom. The third-order valence-corrected chi connectivity index (χ3v) is 4.04. The Labute approximate surface area is 144 Å². The minimum atomic E-state index is -0.551. The molecule has 1 amide bonds. The number of halogens is 1. The highest BCUT2D eigenvalue weighted by Crippen LogP contribution is 2.28. The number of primary amides is 1. The fraction of sp³-hybridized carbons (Fsp3) is 0.111. The summed E-state index contributed by atoms with van der Waals surface area (Å²) in [6, 6.07) is 9.31. The summed E-state index contributed by atoms with van der Waals surface area (Å²) in [6.45, 7) is 0. The van der Waals surface area contributed by atoms with Crippen molar-refractivity contribution in [3.8, 4) is 12.3 Å². The standard InChI is InChI=1S/C18H15ClN4O/c1-2-3-5-12-7-8-13(10-15(12)19)22-17-14(18(20)24)11-21-23-9-4-6-16(17)23/h1,4,6-11,22H,3,5H2,(H2,20,24). The van der Waals surface area contributed by atoms with Gasteiger partial charge in [-0.15, -0.1) is 12.3 Å². The number of amides is 1. The number of aryl methyl sites for hydroxylation is 1. The van der Waals surface area contributed by atoms with E-state index in [2.05, 4.69) is 16.3 Å². The highest BCUT2D eigenvalue weighted by Gasteiger charge is 2.14. The fourth-order valence-electron chi connectivity index (χ4n) is 2.49. The van der Waals surface area contributed by atoms with Crippen LogP contribution in [0.1, 0.15) is 22.3 Å². The van der Waals surface area contributed by atoms with Crippen molar-refractivity contribution in [1.82, 2.24) is 9.61 Å². The van der Waals surface area contributed by atoms with Gasteiger partial charge in [0, 0.05) is 23.3 Å². The number of benzene rings is 1. The molecule has 0 saturated carbocycles. The van der Waals surface area contributed by atoms with Gasteiger partial charge in [-0.05, 0) is 36.2 Å². The molecule has 0 aliphatic rings. The number of anilines is 2. The molecule has 0 atom stereocenters. The maximum absolute atomic E-state index is 11.7. The Bertz CT molecular complexity index is 955. The molecule has 3 N–H and O–H groups in total. The van der Waals surface area contributed by atoms with Crippen molar-refractivity contribution in [3.05, 3.63) is 58.9 Å². The first-order valence-electron chi connectivity index (χ1n) is 7.35. The molecule has 0 spiro atoms. The largest absolute Gasteiger partial charge is 0.365 e. The molecule has 2 heterocycles. The Hall–Kier alpha value is -2.97. The van der Waals surface area contributed by atoms with Gasteiger partial charge in [0.05, 0.1) is 23.0 Å². The molecule has 0 bridgehead atoms. The van der Waals surface area contributed by atoms with Crippen LogP contribution in [0.2, 0.25) is 5.02 Å². The Morgan fingerprint density at radius 2 is 2.25 bits per heavy atom. The van der Waals surface area contributed by atoms with Gasteiger partial charge in [0.25, 0.3) is 5.91 Å². The fourth-order valence-corrected chi connectivity index (χ4v) is 2.77. The lowest BCUT2D eigenvalue weighted by atomic mass is 10.1. The van der Waals surface area contributed by atoms with Gasteiger partial charge in [-0.25, -0.2) is 4.52 Å². The van der Waals surface area contributed by atoms with Crippen LogP contribution in [0.25, 0.3) is 5.52 Å². The summed E-state index contributed by atoms with van der Waals surface area (Å²) in [5, 5.41) is 8.00. The highest BCUT2D eigenvalue weighted by atomic mass is 35.5. The first kappa shape index (κ1) is 15.9. The number of carbonyl (C=O) groups excluding carboxylic acids is 1. The van der Waals surface area contributed by atoms with E-state index in [1.807, 2.05) is 24.3 Å². The SMILES string of the molecule is C#CCCc1ccc(Nc2c(C(N)=O)cnn3cccc23)cc1Cl. The van der Waals surface area contributed by atoms with Crippen LogP contribution in [0, 0.1) is 12.3 Å². The molecule has 120 valence electrons. The van der Waals surface area contributed by atoms with Crippen molar-refractivity contribution in [2.75, 3.05) is 5.32 Å². The normalized spacial score (nSPS) is 10.5. The molecule has 2 aromatic heterocycles. The second-order valence-electron chi connectivity index (χ2n) is 5.27. The van der Waals surface area contributed by atoms with Crippen LogP contribution >= 0.6 is 11.6 Å². The van der Waals surface area contributed by atoms with E-state index in [0.717, 1.165) is 23.2 Å². The lowest BCUT2D eigenvalue weighted by Crippen LogP contribution is -2.15. The van der Waals surface area contributed by atoms with Gasteiger partial charge in [-0.3, -0.25) is 4.79 Å². The summed E-state index contributed by atoms with van der Waals surface area (Å²) in [5.74, 6) is 2.05. The topological polar surface area (TPSA) is 72.4 Å². The predicted octanol–water partition coefficient (Wildman–Crippen LogP) is 3.40. The number of nitrogens with one attached hydrogen (secondary N) is 1. The smallest absolute Gasteiger partial charge is 0.252 e. The third-order valence-electron chi connectivity index (χ3n) is 3.69. The first-order chi connectivity index (χ1) is 11.6. The van der Waals surface area contributed by atoms with Gasteiger partial charge in [-0.2, -0.15) is 5.10 Å². The maximum atomic E-state index is 11.7. The molecule has 0 aliphatic heterocycles. The van der Waals surface area contributed by atoms with Crippen LogP contribution in [-0.4, -0.2) is 15.5 Å². The lowest BCUT2D eigenvalue weighted by Gasteiger charge is -2.13. The molecular weight excluding hydrogens is 324 g/mol. The van der Waals surface area contributed by atoms with Crippen LogP contribution < -0.4 is 11.1 Å². The maximum Gasteiger partial charge on any atom is 0.252 e. The van der Waals surface area contributed by atoms with Crippen LogP contribution in [0.3, 0.4) is 0 Å². The number of hydrogen-bond acceptors (Lipinski definition) is 3. The van der Waals surface area contributed by atoms with Crippen molar-refractivity contribution >= 4 is 34.4 Å². The number of fused-ring (bicyclic) bond motifs is 1. The number of carbonyl (C=O) groups is 1. The van der Waals surface area contributed by atoms with Crippen LogP contribution in [0.15, 0.2) is 42.7 Å². The van der Waals surface area contributed by atoms with Crippen LogP contribution in [0.5, 0.6) is 0 Å². The third kappa shape index (κ3) is 3.05. The van der Waals surface area contributed by atoms with E-state index in [4.69, 9.17) is 23.8 Å². The summed E-state index contributed by atoms with van der Waals surface area (Å²) >= 11 is 6.31. The summed E-state index contributed by atoms with van der Waals surface area (Å²) in [7, 11) is 0. The zero-order chi connectivity index (χ0) is 17.1. The highest BCUT2D eigenvalue weighted by molar-refractivity contribution is 6.31. The molecule has 24 heavy (non-hydrogen) atoms. The minimum absolute atomic E-state index is 0.314. The molecule has 0 fully saturated rings. The van der Waals surface area contributed by atoms with Crippen molar-refractivity contribution < 1.29 is 4.79 Å². The molecule has 0 aliphatic carbocycles. The number of rotatable bonds is 5. The zero-order valence-electron chi connectivity index (χ0n) is 12.8. The van der Waals surface area contributed by atoms with E-state index in [1.165, 1.54) is 6.20 Å². The molecule has 1 aromatic carbocycles. The number of terminal acetylenes is 1. The molecule has 0 saturated heterocycles. The Kier molecular flexibility index (Phi) is 4.41. The van der Waals surface area contributed by atoms with E-state index < -0.39 is 5.91 Å². The summed E-state index contributed by atoms with van der Waals surface area (Å²) < 4.78 is 1.66. The molecule has 3 aromatic rings. The quantitative estimate of drug-likeness (QED) is 0.700. The van der Waals surface area contributed by atoms with E-state index in [0.29, 0.717) is 22.7 Å². The molecular formula is C18H15ClN4O. The van der Waals surface area contributed by atoms with Crippen LogP contribution in [0.4, 0.5) is 11.4 Å². The van der Waals surface area contributed by atoms with Crippen molar-refractivity contribution in [2.24, 2.45) is 5.73 Å².